The molecule has 1 aliphatic carbocycles. The van der Waals surface area contributed by atoms with Crippen LogP contribution in [0.4, 0.5) is 0 Å². The largest absolute Gasteiger partial charge is 0.377 e. The summed E-state index contributed by atoms with van der Waals surface area (Å²) in [5.41, 5.74) is 0. The van der Waals surface area contributed by atoms with Gasteiger partial charge in [0.25, 0.3) is 0 Å². The van der Waals surface area contributed by atoms with Crippen LogP contribution in [0.2, 0.25) is 0 Å². The molecular weight excluding hydrogens is 230 g/mol. The van der Waals surface area contributed by atoms with Crippen LogP contribution in [0, 0.1) is 5.92 Å². The van der Waals surface area contributed by atoms with Gasteiger partial charge in [-0.05, 0) is 37.4 Å². The number of ether oxygens (including phenoxy) is 1. The van der Waals surface area contributed by atoms with Gasteiger partial charge in [0.05, 0.1) is 6.10 Å². The van der Waals surface area contributed by atoms with Crippen LogP contribution in [0.5, 0.6) is 0 Å². The Morgan fingerprint density at radius 3 is 2.76 bits per heavy atom. The summed E-state index contributed by atoms with van der Waals surface area (Å²) in [7, 11) is 0. The smallest absolute Gasteiger partial charge is 0.0700 e. The highest BCUT2D eigenvalue weighted by Crippen LogP contribution is 2.29. The average Bonchev–Trinajstić information content (AvgIpc) is 2.99. The van der Waals surface area contributed by atoms with Gasteiger partial charge in [0.2, 0.25) is 0 Å². The molecule has 2 nitrogen and oxygen atoms in total. The molecule has 1 heterocycles. The lowest BCUT2D eigenvalue weighted by atomic mass is 10.1. The zero-order chi connectivity index (χ0) is 11.9. The van der Waals surface area contributed by atoms with Crippen molar-refractivity contribution in [2.75, 3.05) is 25.4 Å². The van der Waals surface area contributed by atoms with E-state index in [1.54, 1.807) is 0 Å². The predicted molar refractivity (Wildman–Crippen MR) is 75.7 cm³/mol. The zero-order valence-electron chi connectivity index (χ0n) is 11.1. The van der Waals surface area contributed by atoms with Gasteiger partial charge in [0, 0.05) is 24.9 Å². The van der Waals surface area contributed by atoms with Gasteiger partial charge in [-0.25, -0.2) is 0 Å². The third-order valence-corrected chi connectivity index (χ3v) is 5.32. The van der Waals surface area contributed by atoms with Crippen molar-refractivity contribution in [2.45, 2.75) is 56.8 Å². The highest BCUT2D eigenvalue weighted by Gasteiger charge is 2.17. The maximum atomic E-state index is 5.61. The Bertz CT molecular complexity index is 200. The molecule has 3 heteroatoms. The number of thioether (sulfide) groups is 1. The van der Waals surface area contributed by atoms with Crippen LogP contribution in [0.15, 0.2) is 0 Å². The van der Waals surface area contributed by atoms with Crippen LogP contribution in [0.1, 0.15) is 45.4 Å². The van der Waals surface area contributed by atoms with Crippen LogP contribution in [0.3, 0.4) is 0 Å². The number of hydrogen-bond donors (Lipinski definition) is 1. The maximum absolute atomic E-state index is 5.61. The van der Waals surface area contributed by atoms with Gasteiger partial charge < -0.3 is 10.1 Å². The molecule has 17 heavy (non-hydrogen) atoms. The van der Waals surface area contributed by atoms with Crippen molar-refractivity contribution in [1.82, 2.24) is 5.32 Å². The third-order valence-electron chi connectivity index (χ3n) is 3.92. The molecule has 2 aliphatic rings. The molecule has 2 rings (SSSR count). The molecule has 0 aromatic heterocycles. The molecule has 2 fully saturated rings. The lowest BCUT2D eigenvalue weighted by molar-refractivity contribution is 0.110. The van der Waals surface area contributed by atoms with E-state index in [4.69, 9.17) is 4.74 Å². The fourth-order valence-corrected chi connectivity index (χ4v) is 3.96. The minimum Gasteiger partial charge on any atom is -0.377 e. The highest BCUT2D eigenvalue weighted by atomic mass is 32.2. The summed E-state index contributed by atoms with van der Waals surface area (Å²) in [5, 5.41) is 4.30. The van der Waals surface area contributed by atoms with E-state index in [1.165, 1.54) is 44.3 Å². The van der Waals surface area contributed by atoms with Crippen LogP contribution >= 0.6 is 11.8 Å². The van der Waals surface area contributed by atoms with Crippen molar-refractivity contribution in [3.8, 4) is 0 Å². The van der Waals surface area contributed by atoms with Gasteiger partial charge in [-0.15, -0.1) is 0 Å². The Morgan fingerprint density at radius 2 is 2.06 bits per heavy atom. The highest BCUT2D eigenvalue weighted by molar-refractivity contribution is 7.99. The number of nitrogens with one attached hydrogen (secondary N) is 1. The summed E-state index contributed by atoms with van der Waals surface area (Å²) in [6.07, 6.45) is 8.87. The van der Waals surface area contributed by atoms with Crippen molar-refractivity contribution >= 4 is 11.8 Å². The average molecular weight is 257 g/mol. The van der Waals surface area contributed by atoms with Crippen molar-refractivity contribution in [1.29, 1.82) is 0 Å². The predicted octanol–water partition coefficient (Wildman–Crippen LogP) is 3.07. The molecule has 0 aromatic rings. The minimum atomic E-state index is 0.488. The topological polar surface area (TPSA) is 21.3 Å². The fraction of sp³-hybridized carbons (Fsp3) is 1.00. The summed E-state index contributed by atoms with van der Waals surface area (Å²) in [6.45, 7) is 5.51. The monoisotopic (exact) mass is 257 g/mol. The van der Waals surface area contributed by atoms with Gasteiger partial charge in [0.1, 0.15) is 0 Å². The van der Waals surface area contributed by atoms with Crippen molar-refractivity contribution in [2.24, 2.45) is 5.92 Å². The zero-order valence-corrected chi connectivity index (χ0v) is 11.9. The maximum Gasteiger partial charge on any atom is 0.0700 e. The van der Waals surface area contributed by atoms with Crippen molar-refractivity contribution < 1.29 is 4.74 Å². The molecule has 0 amide bonds. The molecule has 1 N–H and O–H groups in total. The van der Waals surface area contributed by atoms with Crippen LogP contribution in [0.25, 0.3) is 0 Å². The second-order valence-corrected chi connectivity index (χ2v) is 7.06. The summed E-state index contributed by atoms with van der Waals surface area (Å²) in [5.74, 6) is 2.39. The molecule has 2 atom stereocenters. The second kappa shape index (κ2) is 7.65. The van der Waals surface area contributed by atoms with Crippen molar-refractivity contribution in [3.05, 3.63) is 0 Å². The second-order valence-electron chi connectivity index (χ2n) is 5.59. The quantitative estimate of drug-likeness (QED) is 0.757. The SMILES string of the molecule is CC(CNCC1CCCO1)SCC1CCCC1. The Hall–Kier alpha value is 0.270. The van der Waals surface area contributed by atoms with Gasteiger partial charge in [-0.2, -0.15) is 11.8 Å². The first-order valence-electron chi connectivity index (χ1n) is 7.28. The van der Waals surface area contributed by atoms with Crippen LogP contribution in [-0.4, -0.2) is 36.8 Å². The van der Waals surface area contributed by atoms with Gasteiger partial charge in [-0.3, -0.25) is 0 Å². The van der Waals surface area contributed by atoms with E-state index < -0.39 is 0 Å². The molecule has 0 aromatic carbocycles. The van der Waals surface area contributed by atoms with Gasteiger partial charge in [0.15, 0.2) is 0 Å². The minimum absolute atomic E-state index is 0.488. The summed E-state index contributed by atoms with van der Waals surface area (Å²) < 4.78 is 5.61. The van der Waals surface area contributed by atoms with E-state index in [-0.39, 0.29) is 0 Å². The molecule has 0 radical (unpaired) electrons. The first-order valence-corrected chi connectivity index (χ1v) is 8.33. The fourth-order valence-electron chi connectivity index (χ4n) is 2.79. The van der Waals surface area contributed by atoms with E-state index in [1.807, 2.05) is 0 Å². The summed E-state index contributed by atoms with van der Waals surface area (Å²) >= 11 is 2.15. The summed E-state index contributed by atoms with van der Waals surface area (Å²) in [4.78, 5) is 0. The van der Waals surface area contributed by atoms with E-state index >= 15 is 0 Å². The lowest BCUT2D eigenvalue weighted by Crippen LogP contribution is -2.31. The standard InChI is InChI=1S/C14H27NOS/c1-12(17-11-13-5-2-3-6-13)9-15-10-14-7-4-8-16-14/h12-15H,2-11H2,1H3. The van der Waals surface area contributed by atoms with E-state index in [9.17, 15) is 0 Å². The van der Waals surface area contributed by atoms with Gasteiger partial charge in [-0.1, -0.05) is 19.8 Å². The summed E-state index contributed by atoms with van der Waals surface area (Å²) in [6, 6.07) is 0. The molecule has 2 unspecified atom stereocenters. The van der Waals surface area contributed by atoms with Crippen molar-refractivity contribution in [3.63, 3.8) is 0 Å². The Morgan fingerprint density at radius 1 is 1.24 bits per heavy atom. The number of rotatable bonds is 7. The normalized spacial score (nSPS) is 27.7. The molecular formula is C14H27NOS. The Balaban J connectivity index is 1.46. The van der Waals surface area contributed by atoms with E-state index in [2.05, 4.69) is 24.0 Å². The van der Waals surface area contributed by atoms with Crippen LogP contribution < -0.4 is 5.32 Å². The molecule has 1 saturated carbocycles. The molecule has 0 bridgehead atoms. The number of hydrogen-bond acceptors (Lipinski definition) is 3. The van der Waals surface area contributed by atoms with E-state index in [0.29, 0.717) is 6.10 Å². The first-order chi connectivity index (χ1) is 8.34. The first kappa shape index (κ1) is 13.7. The Labute approximate surface area is 110 Å². The molecule has 100 valence electrons. The molecule has 1 saturated heterocycles. The third kappa shape index (κ3) is 5.19. The molecule has 1 aliphatic heterocycles. The van der Waals surface area contributed by atoms with E-state index in [0.717, 1.165) is 30.9 Å². The lowest BCUT2D eigenvalue weighted by Gasteiger charge is -2.16. The Kier molecular flexibility index (Phi) is 6.16. The van der Waals surface area contributed by atoms with Gasteiger partial charge >= 0.3 is 0 Å². The molecule has 0 spiro atoms. The van der Waals surface area contributed by atoms with Crippen LogP contribution in [-0.2, 0) is 4.74 Å².